The summed E-state index contributed by atoms with van der Waals surface area (Å²) in [5, 5.41) is 0.694. The molecule has 1 aliphatic carbocycles. The zero-order valence-corrected chi connectivity index (χ0v) is 12.4. The van der Waals surface area contributed by atoms with Gasteiger partial charge in [0, 0.05) is 17.6 Å². The SMILES string of the molecule is CCOC(=O)CN(CCOc1ccc(Cl)cc1)C1CC1. The fraction of sp³-hybridized carbons (Fsp3) is 0.533. The second-order valence-electron chi connectivity index (χ2n) is 4.81. The maximum Gasteiger partial charge on any atom is 0.320 e. The summed E-state index contributed by atoms with van der Waals surface area (Å²) in [5.41, 5.74) is 0. The van der Waals surface area contributed by atoms with Crippen LogP contribution in [-0.4, -0.2) is 43.2 Å². The third kappa shape index (κ3) is 5.02. The largest absolute Gasteiger partial charge is 0.492 e. The summed E-state index contributed by atoms with van der Waals surface area (Å²) in [4.78, 5) is 13.7. The molecule has 0 heterocycles. The van der Waals surface area contributed by atoms with E-state index in [0.717, 1.165) is 25.1 Å². The predicted molar refractivity (Wildman–Crippen MR) is 78.2 cm³/mol. The van der Waals surface area contributed by atoms with E-state index in [0.29, 0.717) is 30.8 Å². The molecule has 2 rings (SSSR count). The number of benzene rings is 1. The number of carbonyl (C=O) groups is 1. The second kappa shape index (κ2) is 7.50. The summed E-state index contributed by atoms with van der Waals surface area (Å²) in [6, 6.07) is 7.79. The topological polar surface area (TPSA) is 38.8 Å². The third-order valence-electron chi connectivity index (χ3n) is 3.16. The number of halogens is 1. The van der Waals surface area contributed by atoms with Crippen LogP contribution in [0, 0.1) is 0 Å². The molecule has 1 aromatic carbocycles. The first kappa shape index (κ1) is 15.1. The Morgan fingerprint density at radius 2 is 2.05 bits per heavy atom. The van der Waals surface area contributed by atoms with Crippen molar-refractivity contribution in [3.05, 3.63) is 29.3 Å². The van der Waals surface area contributed by atoms with Crippen LogP contribution in [0.5, 0.6) is 5.75 Å². The van der Waals surface area contributed by atoms with Crippen LogP contribution in [-0.2, 0) is 9.53 Å². The lowest BCUT2D eigenvalue weighted by atomic mass is 10.3. The molecule has 1 aliphatic rings. The molecule has 0 spiro atoms. The number of hydrogen-bond acceptors (Lipinski definition) is 4. The van der Waals surface area contributed by atoms with Crippen LogP contribution in [0.15, 0.2) is 24.3 Å². The molecule has 0 aromatic heterocycles. The van der Waals surface area contributed by atoms with E-state index in [1.165, 1.54) is 0 Å². The Hall–Kier alpha value is -1.26. The maximum absolute atomic E-state index is 11.5. The lowest BCUT2D eigenvalue weighted by Gasteiger charge is -2.20. The molecule has 5 heteroatoms. The molecule has 1 aromatic rings. The first-order chi connectivity index (χ1) is 9.69. The van der Waals surface area contributed by atoms with Crippen molar-refractivity contribution in [3.8, 4) is 5.75 Å². The highest BCUT2D eigenvalue weighted by Crippen LogP contribution is 2.26. The first-order valence-corrected chi connectivity index (χ1v) is 7.35. The molecule has 0 atom stereocenters. The van der Waals surface area contributed by atoms with Crippen molar-refractivity contribution < 1.29 is 14.3 Å². The van der Waals surface area contributed by atoms with Crippen molar-refractivity contribution in [2.45, 2.75) is 25.8 Å². The number of ether oxygens (including phenoxy) is 2. The van der Waals surface area contributed by atoms with Crippen LogP contribution < -0.4 is 4.74 Å². The summed E-state index contributed by atoms with van der Waals surface area (Å²) >= 11 is 5.82. The Balaban J connectivity index is 1.74. The van der Waals surface area contributed by atoms with E-state index in [1.54, 1.807) is 12.1 Å². The van der Waals surface area contributed by atoms with Gasteiger partial charge >= 0.3 is 5.97 Å². The van der Waals surface area contributed by atoms with E-state index in [-0.39, 0.29) is 5.97 Å². The van der Waals surface area contributed by atoms with Gasteiger partial charge in [0.25, 0.3) is 0 Å². The number of nitrogens with zero attached hydrogens (tertiary/aromatic N) is 1. The highest BCUT2D eigenvalue weighted by atomic mass is 35.5. The quantitative estimate of drug-likeness (QED) is 0.692. The highest BCUT2D eigenvalue weighted by molar-refractivity contribution is 6.30. The van der Waals surface area contributed by atoms with Crippen molar-refractivity contribution in [2.24, 2.45) is 0 Å². The molecular formula is C15H20ClNO3. The van der Waals surface area contributed by atoms with E-state index >= 15 is 0 Å². The Kier molecular flexibility index (Phi) is 5.68. The molecule has 0 unspecified atom stereocenters. The molecule has 110 valence electrons. The van der Waals surface area contributed by atoms with Gasteiger partial charge in [-0.05, 0) is 44.0 Å². The van der Waals surface area contributed by atoms with Crippen LogP contribution in [0.25, 0.3) is 0 Å². The van der Waals surface area contributed by atoms with Crippen LogP contribution in [0.4, 0.5) is 0 Å². The van der Waals surface area contributed by atoms with Gasteiger partial charge in [-0.1, -0.05) is 11.6 Å². The van der Waals surface area contributed by atoms with E-state index in [4.69, 9.17) is 21.1 Å². The molecule has 20 heavy (non-hydrogen) atoms. The monoisotopic (exact) mass is 297 g/mol. The minimum atomic E-state index is -0.161. The Labute approximate surface area is 124 Å². The third-order valence-corrected chi connectivity index (χ3v) is 3.41. The molecule has 1 saturated carbocycles. The molecule has 0 N–H and O–H groups in total. The number of carbonyl (C=O) groups excluding carboxylic acids is 1. The molecule has 4 nitrogen and oxygen atoms in total. The molecule has 1 fully saturated rings. The summed E-state index contributed by atoms with van der Waals surface area (Å²) in [5.74, 6) is 0.632. The van der Waals surface area contributed by atoms with Gasteiger partial charge in [0.05, 0.1) is 13.2 Å². The standard InChI is InChI=1S/C15H20ClNO3/c1-2-19-15(18)11-17(13-5-6-13)9-10-20-14-7-3-12(16)4-8-14/h3-4,7-8,13H,2,5-6,9-11H2,1H3. The fourth-order valence-electron chi connectivity index (χ4n) is 2.01. The smallest absolute Gasteiger partial charge is 0.320 e. The van der Waals surface area contributed by atoms with E-state index in [2.05, 4.69) is 4.90 Å². The van der Waals surface area contributed by atoms with Gasteiger partial charge in [-0.25, -0.2) is 0 Å². The van der Waals surface area contributed by atoms with Crippen molar-refractivity contribution in [3.63, 3.8) is 0 Å². The number of hydrogen-bond donors (Lipinski definition) is 0. The Morgan fingerprint density at radius 1 is 1.35 bits per heavy atom. The van der Waals surface area contributed by atoms with Crippen LogP contribution in [0.2, 0.25) is 5.02 Å². The first-order valence-electron chi connectivity index (χ1n) is 6.97. The van der Waals surface area contributed by atoms with Crippen molar-refractivity contribution in [2.75, 3.05) is 26.3 Å². The van der Waals surface area contributed by atoms with Gasteiger partial charge in [0.1, 0.15) is 12.4 Å². The van der Waals surface area contributed by atoms with Gasteiger partial charge in [-0.2, -0.15) is 0 Å². The van der Waals surface area contributed by atoms with Gasteiger partial charge in [0.15, 0.2) is 0 Å². The minimum absolute atomic E-state index is 0.161. The summed E-state index contributed by atoms with van der Waals surface area (Å²) in [7, 11) is 0. The molecule has 0 aliphatic heterocycles. The van der Waals surface area contributed by atoms with Crippen molar-refractivity contribution in [1.29, 1.82) is 0 Å². The average molecular weight is 298 g/mol. The zero-order valence-electron chi connectivity index (χ0n) is 11.7. The Bertz CT molecular complexity index is 431. The van der Waals surface area contributed by atoms with Crippen molar-refractivity contribution >= 4 is 17.6 Å². The molecule has 0 saturated heterocycles. The predicted octanol–water partition coefficient (Wildman–Crippen LogP) is 2.75. The normalized spacial score (nSPS) is 14.3. The molecule has 0 bridgehead atoms. The average Bonchev–Trinajstić information content (AvgIpc) is 3.24. The van der Waals surface area contributed by atoms with Gasteiger partial charge in [0.2, 0.25) is 0 Å². The van der Waals surface area contributed by atoms with Gasteiger partial charge < -0.3 is 9.47 Å². The fourth-order valence-corrected chi connectivity index (χ4v) is 2.14. The van der Waals surface area contributed by atoms with E-state index in [9.17, 15) is 4.79 Å². The van der Waals surface area contributed by atoms with Gasteiger partial charge in [-0.15, -0.1) is 0 Å². The van der Waals surface area contributed by atoms with Crippen LogP contribution in [0.1, 0.15) is 19.8 Å². The Morgan fingerprint density at radius 3 is 2.65 bits per heavy atom. The zero-order chi connectivity index (χ0) is 14.4. The molecular weight excluding hydrogens is 278 g/mol. The number of esters is 1. The van der Waals surface area contributed by atoms with Crippen LogP contribution in [0.3, 0.4) is 0 Å². The lowest BCUT2D eigenvalue weighted by molar-refractivity contribution is -0.144. The lowest BCUT2D eigenvalue weighted by Crippen LogP contribution is -2.36. The highest BCUT2D eigenvalue weighted by Gasteiger charge is 2.30. The second-order valence-corrected chi connectivity index (χ2v) is 5.25. The summed E-state index contributed by atoms with van der Waals surface area (Å²) in [6.45, 7) is 3.88. The maximum atomic E-state index is 11.5. The number of rotatable bonds is 8. The van der Waals surface area contributed by atoms with Crippen molar-refractivity contribution in [1.82, 2.24) is 4.90 Å². The van der Waals surface area contributed by atoms with E-state index in [1.807, 2.05) is 19.1 Å². The molecule has 0 radical (unpaired) electrons. The minimum Gasteiger partial charge on any atom is -0.492 e. The molecule has 0 amide bonds. The summed E-state index contributed by atoms with van der Waals surface area (Å²) in [6.07, 6.45) is 2.31. The van der Waals surface area contributed by atoms with Gasteiger partial charge in [-0.3, -0.25) is 9.69 Å². The van der Waals surface area contributed by atoms with Crippen LogP contribution >= 0.6 is 11.6 Å². The van der Waals surface area contributed by atoms with E-state index < -0.39 is 0 Å². The summed E-state index contributed by atoms with van der Waals surface area (Å²) < 4.78 is 10.7.